The van der Waals surface area contributed by atoms with Gasteiger partial charge in [0.1, 0.15) is 5.82 Å². The van der Waals surface area contributed by atoms with Gasteiger partial charge in [-0.15, -0.1) is 11.3 Å². The lowest BCUT2D eigenvalue weighted by Crippen LogP contribution is -2.43. The van der Waals surface area contributed by atoms with Gasteiger partial charge >= 0.3 is 5.69 Å². The van der Waals surface area contributed by atoms with Gasteiger partial charge < -0.3 is 16.0 Å². The van der Waals surface area contributed by atoms with Gasteiger partial charge in [0.2, 0.25) is 0 Å². The maximum Gasteiger partial charge on any atom is 0.343 e. The van der Waals surface area contributed by atoms with Crippen LogP contribution < -0.4 is 21.6 Å². The second-order valence-electron chi connectivity index (χ2n) is 8.53. The number of rotatable bonds is 7. The van der Waals surface area contributed by atoms with Gasteiger partial charge in [0, 0.05) is 60.0 Å². The van der Waals surface area contributed by atoms with E-state index in [4.69, 9.17) is 5.73 Å². The van der Waals surface area contributed by atoms with Crippen molar-refractivity contribution in [3.05, 3.63) is 81.4 Å². The minimum absolute atomic E-state index is 0.170. The topological polar surface area (TPSA) is 92.0 Å². The van der Waals surface area contributed by atoms with Crippen molar-refractivity contribution < 1.29 is 8.78 Å². The molecule has 0 radical (unpaired) electrons. The van der Waals surface area contributed by atoms with E-state index in [1.165, 1.54) is 10.3 Å². The largest absolute Gasteiger partial charge is 0.369 e. The van der Waals surface area contributed by atoms with Crippen LogP contribution in [0.15, 0.2) is 65.0 Å². The van der Waals surface area contributed by atoms with Gasteiger partial charge in [-0.25, -0.2) is 9.89 Å². The van der Waals surface area contributed by atoms with E-state index in [0.717, 1.165) is 52.3 Å². The number of halogens is 2. The molecule has 182 valence electrons. The van der Waals surface area contributed by atoms with Crippen molar-refractivity contribution in [2.45, 2.75) is 13.0 Å². The first kappa shape index (κ1) is 23.4. The molecule has 10 heteroatoms. The number of anilines is 1. The molecular formula is C25H26F2N6OS. The Morgan fingerprint density at radius 2 is 1.80 bits per heavy atom. The summed E-state index contributed by atoms with van der Waals surface area (Å²) in [6.07, 6.45) is -2.00. The Balaban J connectivity index is 1.37. The molecule has 35 heavy (non-hydrogen) atoms. The fraction of sp³-hybridized carbons (Fsp3) is 0.280. The average Bonchev–Trinajstić information content (AvgIpc) is 3.45. The summed E-state index contributed by atoms with van der Waals surface area (Å²) in [5.41, 5.74) is 8.25. The van der Waals surface area contributed by atoms with Crippen molar-refractivity contribution in [2.75, 3.05) is 37.6 Å². The summed E-state index contributed by atoms with van der Waals surface area (Å²) in [5.74, 6) is 0.242. The predicted octanol–water partition coefficient (Wildman–Crippen LogP) is 3.56. The molecule has 0 saturated carbocycles. The number of thiophene rings is 1. The lowest BCUT2D eigenvalue weighted by atomic mass is 10.0. The van der Waals surface area contributed by atoms with E-state index in [9.17, 15) is 13.6 Å². The summed E-state index contributed by atoms with van der Waals surface area (Å²) in [6, 6.07) is 17.0. The molecule has 0 bridgehead atoms. The molecule has 1 aliphatic rings. The molecule has 4 N–H and O–H groups in total. The standard InChI is InChI=1S/C25H26F2N6OS/c26-24(27)19(14-28)13-23-30-31-25(34)33(23)15-21-12-18-11-17(3-6-22(18)35-21)16-1-4-20(5-2-16)32-9-7-29-8-10-32/h1-6,11-12,29H,7-10,13-15,28H2,(H,31,34). The Morgan fingerprint density at radius 1 is 1.06 bits per heavy atom. The minimum atomic E-state index is -1.83. The van der Waals surface area contributed by atoms with Crippen molar-refractivity contribution in [3.8, 4) is 11.1 Å². The van der Waals surface area contributed by atoms with Crippen molar-refractivity contribution in [3.63, 3.8) is 0 Å². The highest BCUT2D eigenvalue weighted by Crippen LogP contribution is 2.31. The Bertz CT molecular complexity index is 1410. The third kappa shape index (κ3) is 5.04. The van der Waals surface area contributed by atoms with Crippen LogP contribution in [0.5, 0.6) is 0 Å². The quantitative estimate of drug-likeness (QED) is 0.364. The maximum atomic E-state index is 13.1. The van der Waals surface area contributed by atoms with Crippen LogP contribution in [0, 0.1) is 0 Å². The molecule has 2 aromatic carbocycles. The summed E-state index contributed by atoms with van der Waals surface area (Å²) in [5, 5.41) is 10.7. The third-order valence-corrected chi connectivity index (χ3v) is 7.39. The zero-order valence-electron chi connectivity index (χ0n) is 19.1. The van der Waals surface area contributed by atoms with Crippen molar-refractivity contribution in [2.24, 2.45) is 5.73 Å². The normalized spacial score (nSPS) is 14.0. The second-order valence-corrected chi connectivity index (χ2v) is 9.69. The van der Waals surface area contributed by atoms with Crippen LogP contribution in [0.2, 0.25) is 0 Å². The molecule has 3 heterocycles. The minimum Gasteiger partial charge on any atom is -0.369 e. The molecular weight excluding hydrogens is 470 g/mol. The first-order valence-electron chi connectivity index (χ1n) is 11.5. The first-order chi connectivity index (χ1) is 17.0. The van der Waals surface area contributed by atoms with Crippen LogP contribution in [0.1, 0.15) is 10.7 Å². The fourth-order valence-corrected chi connectivity index (χ4v) is 5.39. The van der Waals surface area contributed by atoms with E-state index < -0.39 is 11.8 Å². The van der Waals surface area contributed by atoms with Crippen LogP contribution >= 0.6 is 11.3 Å². The van der Waals surface area contributed by atoms with Gasteiger partial charge in [-0.2, -0.15) is 13.9 Å². The number of nitrogens with two attached hydrogens (primary N) is 1. The molecule has 2 aromatic heterocycles. The van der Waals surface area contributed by atoms with Crippen LogP contribution in [0.25, 0.3) is 21.2 Å². The van der Waals surface area contributed by atoms with E-state index in [1.807, 2.05) is 6.07 Å². The Kier molecular flexibility index (Phi) is 6.76. The molecule has 7 nitrogen and oxygen atoms in total. The summed E-state index contributed by atoms with van der Waals surface area (Å²) in [7, 11) is 0. The second kappa shape index (κ2) is 10.1. The Morgan fingerprint density at radius 3 is 2.51 bits per heavy atom. The zero-order valence-corrected chi connectivity index (χ0v) is 19.9. The molecule has 1 aliphatic heterocycles. The number of hydrogen-bond donors (Lipinski definition) is 3. The Labute approximate surface area is 204 Å². The predicted molar refractivity (Wildman–Crippen MR) is 136 cm³/mol. The van der Waals surface area contributed by atoms with Crippen molar-refractivity contribution in [1.29, 1.82) is 0 Å². The molecule has 0 amide bonds. The highest BCUT2D eigenvalue weighted by molar-refractivity contribution is 7.19. The molecule has 0 aliphatic carbocycles. The number of H-pyrrole nitrogens is 1. The number of aromatic nitrogens is 3. The van der Waals surface area contributed by atoms with Gasteiger partial charge in [-0.3, -0.25) is 4.57 Å². The van der Waals surface area contributed by atoms with Gasteiger partial charge in [0.25, 0.3) is 6.08 Å². The van der Waals surface area contributed by atoms with Crippen LogP contribution in [-0.4, -0.2) is 47.5 Å². The third-order valence-electron chi connectivity index (χ3n) is 6.29. The first-order valence-corrected chi connectivity index (χ1v) is 12.3. The van der Waals surface area contributed by atoms with E-state index in [-0.39, 0.29) is 30.9 Å². The summed E-state index contributed by atoms with van der Waals surface area (Å²) < 4.78 is 28.6. The fourth-order valence-electron chi connectivity index (χ4n) is 4.35. The highest BCUT2D eigenvalue weighted by atomic mass is 32.1. The van der Waals surface area contributed by atoms with Crippen LogP contribution in [0.4, 0.5) is 14.5 Å². The van der Waals surface area contributed by atoms with Gasteiger partial charge in [-0.1, -0.05) is 18.2 Å². The van der Waals surface area contributed by atoms with E-state index >= 15 is 0 Å². The van der Waals surface area contributed by atoms with E-state index in [0.29, 0.717) is 0 Å². The Hall–Kier alpha value is -3.34. The van der Waals surface area contributed by atoms with E-state index in [2.05, 4.69) is 62.9 Å². The monoisotopic (exact) mass is 496 g/mol. The number of fused-ring (bicyclic) bond motifs is 1. The van der Waals surface area contributed by atoms with Crippen LogP contribution in [0.3, 0.4) is 0 Å². The molecule has 1 fully saturated rings. The number of benzene rings is 2. The van der Waals surface area contributed by atoms with E-state index in [1.54, 1.807) is 11.3 Å². The number of nitrogens with zero attached hydrogens (tertiary/aromatic N) is 3. The summed E-state index contributed by atoms with van der Waals surface area (Å²) >= 11 is 1.57. The van der Waals surface area contributed by atoms with Crippen molar-refractivity contribution in [1.82, 2.24) is 20.1 Å². The number of hydrogen-bond acceptors (Lipinski definition) is 6. The zero-order chi connectivity index (χ0) is 24.4. The summed E-state index contributed by atoms with van der Waals surface area (Å²) in [6.45, 7) is 4.00. The van der Waals surface area contributed by atoms with Gasteiger partial charge in [0.05, 0.1) is 6.54 Å². The smallest absolute Gasteiger partial charge is 0.343 e. The molecule has 0 spiro atoms. The molecule has 0 unspecified atom stereocenters. The lowest BCUT2D eigenvalue weighted by Gasteiger charge is -2.29. The van der Waals surface area contributed by atoms with Crippen molar-refractivity contribution >= 4 is 27.1 Å². The highest BCUT2D eigenvalue weighted by Gasteiger charge is 2.15. The lowest BCUT2D eigenvalue weighted by molar-refractivity contribution is 0.407. The molecule has 4 aromatic rings. The summed E-state index contributed by atoms with van der Waals surface area (Å²) in [4.78, 5) is 15.6. The van der Waals surface area contributed by atoms with Gasteiger partial charge in [0.15, 0.2) is 0 Å². The number of aromatic amines is 1. The molecule has 0 atom stereocenters. The van der Waals surface area contributed by atoms with Gasteiger partial charge in [-0.05, 0) is 46.8 Å². The maximum absolute atomic E-state index is 13.1. The molecule has 5 rings (SSSR count). The van der Waals surface area contributed by atoms with Crippen LogP contribution in [-0.2, 0) is 13.0 Å². The number of piperazine rings is 1. The average molecular weight is 497 g/mol. The number of nitrogens with one attached hydrogen (secondary N) is 2. The molecule has 1 saturated heterocycles. The SMILES string of the molecule is NCC(Cc1n[nH]c(=O)n1Cc1cc2cc(-c3ccc(N4CCNCC4)cc3)ccc2s1)=C(F)F.